The van der Waals surface area contributed by atoms with E-state index >= 15 is 0 Å². The molecule has 2 heterocycles. The molecule has 0 fully saturated rings. The van der Waals surface area contributed by atoms with Gasteiger partial charge in [0, 0.05) is 22.3 Å². The Balaban J connectivity index is 1.86. The lowest BCUT2D eigenvalue weighted by atomic mass is 9.94. The molecule has 0 bridgehead atoms. The lowest BCUT2D eigenvalue weighted by molar-refractivity contribution is -0.136. The van der Waals surface area contributed by atoms with Crippen molar-refractivity contribution in [2.24, 2.45) is 0 Å². The fraction of sp³-hybridized carbons (Fsp3) is 0.200. The highest BCUT2D eigenvalue weighted by molar-refractivity contribution is 6.31. The molecule has 4 rings (SSSR count). The highest BCUT2D eigenvalue weighted by atomic mass is 35.5. The third-order valence-corrected chi connectivity index (χ3v) is 5.12. The van der Waals surface area contributed by atoms with Gasteiger partial charge in [0.1, 0.15) is 5.82 Å². The molecule has 1 N–H and O–H groups in total. The number of ether oxygens (including phenoxy) is 3. The van der Waals surface area contributed by atoms with Gasteiger partial charge in [-0.2, -0.15) is 0 Å². The minimum Gasteiger partial charge on any atom is -0.466 e. The molecule has 7 nitrogen and oxygen atoms in total. The Bertz CT molecular complexity index is 1030. The Kier molecular flexibility index (Phi) is 4.79. The van der Waals surface area contributed by atoms with Crippen molar-refractivity contribution in [3.8, 4) is 11.5 Å². The number of anilines is 1. The second-order valence-corrected chi connectivity index (χ2v) is 6.79. The summed E-state index contributed by atoms with van der Waals surface area (Å²) in [5.74, 6) is -0.329. The first-order valence-corrected chi connectivity index (χ1v) is 9.03. The molecule has 2 aliphatic rings. The quantitative estimate of drug-likeness (QED) is 0.764. The van der Waals surface area contributed by atoms with Crippen LogP contribution in [0.4, 0.5) is 14.9 Å². The molecule has 0 unspecified atom stereocenters. The maximum absolute atomic E-state index is 14.5. The molecule has 0 aromatic heterocycles. The minimum atomic E-state index is -1.10. The lowest BCUT2D eigenvalue weighted by Crippen LogP contribution is -2.48. The van der Waals surface area contributed by atoms with Crippen LogP contribution in [0.25, 0.3) is 0 Å². The van der Waals surface area contributed by atoms with Crippen molar-refractivity contribution in [1.29, 1.82) is 0 Å². The Hall–Kier alpha value is -3.26. The zero-order valence-corrected chi connectivity index (χ0v) is 16.2. The number of nitrogens with one attached hydrogen (secondary N) is 1. The van der Waals surface area contributed by atoms with Gasteiger partial charge in [-0.1, -0.05) is 17.7 Å². The number of benzene rings is 2. The van der Waals surface area contributed by atoms with Gasteiger partial charge >= 0.3 is 12.0 Å². The van der Waals surface area contributed by atoms with E-state index in [1.165, 1.54) is 30.2 Å². The highest BCUT2D eigenvalue weighted by Gasteiger charge is 2.39. The second kappa shape index (κ2) is 7.29. The molecule has 0 saturated heterocycles. The molecular formula is C20H16ClFN2O5. The van der Waals surface area contributed by atoms with Crippen LogP contribution in [0.15, 0.2) is 47.7 Å². The number of hydrogen-bond acceptors (Lipinski definition) is 5. The van der Waals surface area contributed by atoms with Crippen LogP contribution in [0.5, 0.6) is 11.5 Å². The summed E-state index contributed by atoms with van der Waals surface area (Å²) in [6.45, 7) is 1.67. The van der Waals surface area contributed by atoms with Gasteiger partial charge in [0.2, 0.25) is 6.79 Å². The molecule has 0 radical (unpaired) electrons. The summed E-state index contributed by atoms with van der Waals surface area (Å²) in [7, 11) is 1.21. The van der Waals surface area contributed by atoms with E-state index in [0.717, 1.165) is 0 Å². The second-order valence-electron chi connectivity index (χ2n) is 6.38. The Labute approximate surface area is 170 Å². The Morgan fingerprint density at radius 2 is 2.03 bits per heavy atom. The van der Waals surface area contributed by atoms with Crippen molar-refractivity contribution in [3.05, 3.63) is 64.1 Å². The highest BCUT2D eigenvalue weighted by Crippen LogP contribution is 2.40. The van der Waals surface area contributed by atoms with E-state index in [9.17, 15) is 14.0 Å². The van der Waals surface area contributed by atoms with Crippen molar-refractivity contribution in [3.63, 3.8) is 0 Å². The predicted molar refractivity (Wildman–Crippen MR) is 102 cm³/mol. The van der Waals surface area contributed by atoms with Crippen LogP contribution in [-0.2, 0) is 9.53 Å². The van der Waals surface area contributed by atoms with Crippen molar-refractivity contribution in [2.75, 3.05) is 18.8 Å². The summed E-state index contributed by atoms with van der Waals surface area (Å²) in [5, 5.41) is 2.74. The molecule has 2 aliphatic heterocycles. The normalized spacial score (nSPS) is 18.0. The van der Waals surface area contributed by atoms with Gasteiger partial charge in [-0.25, -0.2) is 14.0 Å². The van der Waals surface area contributed by atoms with Crippen LogP contribution in [-0.4, -0.2) is 25.9 Å². The summed E-state index contributed by atoms with van der Waals surface area (Å²) in [6, 6.07) is 7.42. The summed E-state index contributed by atoms with van der Waals surface area (Å²) in [4.78, 5) is 26.8. The Morgan fingerprint density at radius 3 is 2.76 bits per heavy atom. The number of hydrogen-bond donors (Lipinski definition) is 1. The smallest absolute Gasteiger partial charge is 0.337 e. The number of nitrogens with zero attached hydrogens (tertiary/aromatic N) is 1. The number of carbonyl (C=O) groups excluding carboxylic acids is 2. The average molecular weight is 419 g/mol. The molecule has 29 heavy (non-hydrogen) atoms. The number of esters is 1. The average Bonchev–Trinajstić information content (AvgIpc) is 3.15. The summed E-state index contributed by atoms with van der Waals surface area (Å²) in [5.41, 5.74) is 0.789. The molecule has 2 aromatic carbocycles. The first-order valence-electron chi connectivity index (χ1n) is 8.65. The molecule has 9 heteroatoms. The monoisotopic (exact) mass is 418 g/mol. The maximum Gasteiger partial charge on any atom is 0.337 e. The van der Waals surface area contributed by atoms with E-state index in [0.29, 0.717) is 17.2 Å². The first kappa shape index (κ1) is 19.1. The third-order valence-electron chi connectivity index (χ3n) is 4.79. The van der Waals surface area contributed by atoms with E-state index in [4.69, 9.17) is 25.8 Å². The zero-order valence-electron chi connectivity index (χ0n) is 15.5. The van der Waals surface area contributed by atoms with Crippen LogP contribution >= 0.6 is 11.6 Å². The molecule has 0 spiro atoms. The molecule has 150 valence electrons. The Morgan fingerprint density at radius 1 is 1.28 bits per heavy atom. The van der Waals surface area contributed by atoms with Crippen molar-refractivity contribution in [1.82, 2.24) is 5.32 Å². The topological polar surface area (TPSA) is 77.1 Å². The first-order chi connectivity index (χ1) is 13.9. The van der Waals surface area contributed by atoms with Crippen LogP contribution in [0.2, 0.25) is 5.02 Å². The van der Waals surface area contributed by atoms with Gasteiger partial charge in [0.15, 0.2) is 11.5 Å². The largest absolute Gasteiger partial charge is 0.466 e. The summed E-state index contributed by atoms with van der Waals surface area (Å²) >= 11 is 6.18. The van der Waals surface area contributed by atoms with Crippen LogP contribution < -0.4 is 19.7 Å². The number of carbonyl (C=O) groups is 2. The number of urea groups is 1. The van der Waals surface area contributed by atoms with Gasteiger partial charge < -0.3 is 19.5 Å². The number of halogens is 2. The number of allylic oxidation sites excluding steroid dienone is 1. The van der Waals surface area contributed by atoms with E-state index in [2.05, 4.69) is 5.32 Å². The van der Waals surface area contributed by atoms with E-state index in [-0.39, 0.29) is 28.6 Å². The fourth-order valence-electron chi connectivity index (χ4n) is 3.46. The fourth-order valence-corrected chi connectivity index (χ4v) is 3.73. The minimum absolute atomic E-state index is 0.00685. The van der Waals surface area contributed by atoms with Crippen LogP contribution in [0.3, 0.4) is 0 Å². The SMILES string of the molecule is COC(=O)C1=C(C)N(c2ccc3c(c2)OCO3)C(=O)N[C@@H]1c1c(F)cccc1Cl. The number of rotatable bonds is 3. The van der Waals surface area contributed by atoms with Crippen LogP contribution in [0.1, 0.15) is 18.5 Å². The number of amides is 2. The van der Waals surface area contributed by atoms with Gasteiger partial charge in [0.25, 0.3) is 0 Å². The molecule has 0 saturated carbocycles. The summed E-state index contributed by atoms with van der Waals surface area (Å²) < 4.78 is 30.1. The molecule has 2 amide bonds. The zero-order chi connectivity index (χ0) is 20.7. The maximum atomic E-state index is 14.5. The molecule has 1 atom stereocenters. The van der Waals surface area contributed by atoms with Crippen molar-refractivity contribution in [2.45, 2.75) is 13.0 Å². The van der Waals surface area contributed by atoms with Crippen LogP contribution in [0, 0.1) is 5.82 Å². The standard InChI is InChI=1S/C20H16ClFN2O5/c1-10-16(19(25)27-2)18(17-12(21)4-3-5-13(17)22)23-20(26)24(10)11-6-7-14-15(8-11)29-9-28-14/h3-8,18H,9H2,1-2H3,(H,23,26)/t18-/m0/s1. The lowest BCUT2D eigenvalue weighted by Gasteiger charge is -2.35. The number of methoxy groups -OCH3 is 1. The molecule has 2 aromatic rings. The van der Waals surface area contributed by atoms with Gasteiger partial charge in [-0.3, -0.25) is 4.90 Å². The van der Waals surface area contributed by atoms with E-state index in [1.54, 1.807) is 25.1 Å². The van der Waals surface area contributed by atoms with Crippen molar-refractivity contribution < 1.29 is 28.2 Å². The third kappa shape index (κ3) is 3.15. The van der Waals surface area contributed by atoms with E-state index < -0.39 is 23.9 Å². The predicted octanol–water partition coefficient (Wildman–Crippen LogP) is 3.93. The van der Waals surface area contributed by atoms with Gasteiger partial charge in [-0.05, 0) is 31.2 Å². The summed E-state index contributed by atoms with van der Waals surface area (Å²) in [6.07, 6.45) is 0. The van der Waals surface area contributed by atoms with Crippen molar-refractivity contribution >= 4 is 29.3 Å². The molecule has 0 aliphatic carbocycles. The van der Waals surface area contributed by atoms with E-state index in [1.807, 2.05) is 0 Å². The van der Waals surface area contributed by atoms with Gasteiger partial charge in [-0.15, -0.1) is 0 Å². The number of fused-ring (bicyclic) bond motifs is 1. The molecular weight excluding hydrogens is 403 g/mol. The van der Waals surface area contributed by atoms with Gasteiger partial charge in [0.05, 0.1) is 24.4 Å².